The third-order valence-corrected chi connectivity index (χ3v) is 4.89. The van der Waals surface area contributed by atoms with Gasteiger partial charge in [-0.3, -0.25) is 0 Å². The predicted octanol–water partition coefficient (Wildman–Crippen LogP) is 1.66. The predicted molar refractivity (Wildman–Crippen MR) is 56.5 cm³/mol. The van der Waals surface area contributed by atoms with Gasteiger partial charge < -0.3 is 0 Å². The Balaban J connectivity index is 2.62. The second-order valence-electron chi connectivity index (χ2n) is 3.28. The van der Waals surface area contributed by atoms with Crippen LogP contribution >= 0.6 is 0 Å². The fourth-order valence-corrected chi connectivity index (χ4v) is 2.98. The van der Waals surface area contributed by atoms with Gasteiger partial charge in [0.15, 0.2) is 0 Å². The second kappa shape index (κ2) is 5.21. The molecule has 0 N–H and O–H groups in total. The van der Waals surface area contributed by atoms with Crippen molar-refractivity contribution in [1.29, 1.82) is 0 Å². The van der Waals surface area contributed by atoms with Crippen molar-refractivity contribution < 1.29 is 4.79 Å². The number of hydrogen-bond donors (Lipinski definition) is 0. The molecule has 1 aromatic rings. The Morgan fingerprint density at radius 1 is 1.23 bits per heavy atom. The number of aldehydes is 1. The van der Waals surface area contributed by atoms with Gasteiger partial charge in [0, 0.05) is 0 Å². The summed E-state index contributed by atoms with van der Waals surface area (Å²) < 4.78 is 1.31. The van der Waals surface area contributed by atoms with Crippen LogP contribution < -0.4 is 4.46 Å². The van der Waals surface area contributed by atoms with Crippen molar-refractivity contribution in [2.24, 2.45) is 5.92 Å². The Hall–Kier alpha value is -0.591. The number of benzene rings is 1. The Kier molecular flexibility index (Phi) is 4.20. The molecule has 13 heavy (non-hydrogen) atoms. The molecule has 0 aliphatic carbocycles. The first-order valence-electron chi connectivity index (χ1n) is 4.41. The first kappa shape index (κ1) is 10.5. The van der Waals surface area contributed by atoms with Crippen LogP contribution in [-0.4, -0.2) is 21.2 Å². The van der Waals surface area contributed by atoms with Crippen molar-refractivity contribution in [3.8, 4) is 0 Å². The van der Waals surface area contributed by atoms with E-state index in [1.165, 1.54) is 4.46 Å². The van der Waals surface area contributed by atoms with E-state index >= 15 is 0 Å². The van der Waals surface area contributed by atoms with E-state index in [-0.39, 0.29) is 19.8 Å². The van der Waals surface area contributed by atoms with Crippen molar-refractivity contribution in [3.05, 3.63) is 30.3 Å². The van der Waals surface area contributed by atoms with Gasteiger partial charge >= 0.3 is 85.4 Å². The molecule has 0 spiro atoms. The minimum absolute atomic E-state index is 0.217. The van der Waals surface area contributed by atoms with Gasteiger partial charge in [0.2, 0.25) is 0 Å². The van der Waals surface area contributed by atoms with Gasteiger partial charge in [-0.05, 0) is 0 Å². The molecule has 2 heteroatoms. The zero-order valence-corrected chi connectivity index (χ0v) is 9.65. The average Bonchev–Trinajstić information content (AvgIpc) is 2.15. The number of rotatable bonds is 4. The number of carbonyl (C=O) groups excluding carboxylic acids is 1. The van der Waals surface area contributed by atoms with Crippen LogP contribution in [-0.2, 0) is 4.79 Å². The summed E-state index contributed by atoms with van der Waals surface area (Å²) >= 11 is 0.289. The van der Waals surface area contributed by atoms with Gasteiger partial charge in [-0.15, -0.1) is 0 Å². The molecule has 0 amide bonds. The molecule has 0 aliphatic heterocycles. The van der Waals surface area contributed by atoms with Crippen LogP contribution in [0.25, 0.3) is 0 Å². The third-order valence-electron chi connectivity index (χ3n) is 1.81. The molecular weight excluding hydrogens is 227 g/mol. The molecule has 70 valence electrons. The molecule has 1 nitrogen and oxygen atoms in total. The zero-order chi connectivity index (χ0) is 9.68. The quantitative estimate of drug-likeness (QED) is 0.578. The summed E-state index contributed by atoms with van der Waals surface area (Å²) in [6.45, 7) is 4.20. The third kappa shape index (κ3) is 3.33. The molecule has 1 rings (SSSR count). The number of hydrogen-bond acceptors (Lipinski definition) is 1. The molecule has 0 bridgehead atoms. The monoisotopic (exact) mass is 242 g/mol. The van der Waals surface area contributed by atoms with E-state index in [1.54, 1.807) is 0 Å². The summed E-state index contributed by atoms with van der Waals surface area (Å²) in [6, 6.07) is 10.3. The van der Waals surface area contributed by atoms with Crippen molar-refractivity contribution in [1.82, 2.24) is 0 Å². The molecular formula is C11H14OSe. The van der Waals surface area contributed by atoms with Crippen LogP contribution in [0, 0.1) is 5.92 Å². The van der Waals surface area contributed by atoms with Crippen LogP contribution in [0.1, 0.15) is 13.8 Å². The summed E-state index contributed by atoms with van der Waals surface area (Å²) in [5.74, 6) is 0.456. The van der Waals surface area contributed by atoms with Crippen molar-refractivity contribution in [2.75, 3.05) is 0 Å². The van der Waals surface area contributed by atoms with E-state index < -0.39 is 0 Å². The van der Waals surface area contributed by atoms with Gasteiger partial charge in [-0.1, -0.05) is 0 Å². The maximum absolute atomic E-state index is 10.8. The van der Waals surface area contributed by atoms with E-state index in [0.717, 1.165) is 6.29 Å². The van der Waals surface area contributed by atoms with Gasteiger partial charge in [-0.2, -0.15) is 0 Å². The normalized spacial score (nSPS) is 12.8. The Labute approximate surface area is 85.7 Å². The van der Waals surface area contributed by atoms with E-state index in [0.29, 0.717) is 5.92 Å². The van der Waals surface area contributed by atoms with E-state index in [4.69, 9.17) is 0 Å². The molecule has 1 atom stereocenters. The second-order valence-corrected chi connectivity index (χ2v) is 5.90. The average molecular weight is 241 g/mol. The van der Waals surface area contributed by atoms with Crippen LogP contribution in [0.5, 0.6) is 0 Å². The summed E-state index contributed by atoms with van der Waals surface area (Å²) in [7, 11) is 0. The first-order valence-corrected chi connectivity index (χ1v) is 6.25. The molecule has 0 heterocycles. The van der Waals surface area contributed by atoms with Crippen molar-refractivity contribution in [2.45, 2.75) is 18.7 Å². The number of carbonyl (C=O) groups is 1. The summed E-state index contributed by atoms with van der Waals surface area (Å²) in [5.41, 5.74) is 0. The minimum atomic E-state index is 0.217. The first-order chi connectivity index (χ1) is 6.24. The standard InChI is InChI=1S/C11H14OSe/c1-9(2)11(8-12)13-10-6-4-3-5-7-10/h3-9,11H,1-2H3/t11-/m0/s1. The topological polar surface area (TPSA) is 17.1 Å². The molecule has 0 unspecified atom stereocenters. The Bertz CT molecular complexity index is 256. The van der Waals surface area contributed by atoms with Crippen LogP contribution in [0.4, 0.5) is 0 Å². The van der Waals surface area contributed by atoms with Crippen LogP contribution in [0.3, 0.4) is 0 Å². The van der Waals surface area contributed by atoms with E-state index in [1.807, 2.05) is 18.2 Å². The summed E-state index contributed by atoms with van der Waals surface area (Å²) in [4.78, 5) is 11.0. The molecule has 0 radical (unpaired) electrons. The molecule has 0 saturated carbocycles. The SMILES string of the molecule is CC(C)[C@H](C=O)[Se]c1ccccc1. The molecule has 0 fully saturated rings. The Morgan fingerprint density at radius 3 is 2.31 bits per heavy atom. The fourth-order valence-electron chi connectivity index (χ4n) is 0.977. The van der Waals surface area contributed by atoms with Crippen LogP contribution in [0.2, 0.25) is 4.82 Å². The molecule has 0 aromatic heterocycles. The van der Waals surface area contributed by atoms with Crippen molar-refractivity contribution >= 4 is 25.7 Å². The van der Waals surface area contributed by atoms with Gasteiger partial charge in [0.25, 0.3) is 0 Å². The maximum atomic E-state index is 10.8. The van der Waals surface area contributed by atoms with Gasteiger partial charge in [0.1, 0.15) is 0 Å². The zero-order valence-electron chi connectivity index (χ0n) is 7.94. The van der Waals surface area contributed by atoms with E-state index in [2.05, 4.69) is 26.0 Å². The van der Waals surface area contributed by atoms with Gasteiger partial charge in [-0.25, -0.2) is 0 Å². The summed E-state index contributed by atoms with van der Waals surface area (Å²) in [5, 5.41) is 0. The molecule has 0 aliphatic rings. The van der Waals surface area contributed by atoms with E-state index in [9.17, 15) is 4.79 Å². The van der Waals surface area contributed by atoms with Crippen LogP contribution in [0.15, 0.2) is 30.3 Å². The summed E-state index contributed by atoms with van der Waals surface area (Å²) in [6.07, 6.45) is 1.09. The molecule has 0 saturated heterocycles. The van der Waals surface area contributed by atoms with Gasteiger partial charge in [0.05, 0.1) is 0 Å². The van der Waals surface area contributed by atoms with Crippen molar-refractivity contribution in [3.63, 3.8) is 0 Å². The Morgan fingerprint density at radius 2 is 1.85 bits per heavy atom. The molecule has 1 aromatic carbocycles. The fraction of sp³-hybridized carbons (Fsp3) is 0.364.